The second-order valence-corrected chi connectivity index (χ2v) is 7.11. The molecular formula is C14H23Cl2NO2. The van der Waals surface area contributed by atoms with Crippen molar-refractivity contribution in [3.05, 3.63) is 0 Å². The van der Waals surface area contributed by atoms with E-state index in [2.05, 4.69) is 12.2 Å². The normalized spacial score (nSPS) is 43.9. The monoisotopic (exact) mass is 307 g/mol. The first kappa shape index (κ1) is 15.4. The number of rotatable bonds is 3. The summed E-state index contributed by atoms with van der Waals surface area (Å²) in [5, 5.41) is 12.8. The van der Waals surface area contributed by atoms with Crippen LogP contribution in [0.4, 0.5) is 0 Å². The van der Waals surface area contributed by atoms with Crippen LogP contribution in [0.1, 0.15) is 45.4 Å². The van der Waals surface area contributed by atoms with Crippen molar-refractivity contribution >= 4 is 29.2 Å². The smallest absolute Gasteiger partial charge is 0.308 e. The molecule has 0 aromatic rings. The maximum atomic E-state index is 11.3. The van der Waals surface area contributed by atoms with E-state index in [1.807, 2.05) is 0 Å². The van der Waals surface area contributed by atoms with Crippen molar-refractivity contribution in [3.63, 3.8) is 0 Å². The van der Waals surface area contributed by atoms with Crippen LogP contribution in [-0.2, 0) is 4.79 Å². The summed E-state index contributed by atoms with van der Waals surface area (Å²) in [6.45, 7) is 2.14. The van der Waals surface area contributed by atoms with E-state index >= 15 is 0 Å². The second kappa shape index (κ2) is 6.64. The molecule has 0 heterocycles. The van der Waals surface area contributed by atoms with Gasteiger partial charge in [-0.05, 0) is 31.6 Å². The third-order valence-corrected chi connectivity index (χ3v) is 5.86. The summed E-state index contributed by atoms with van der Waals surface area (Å²) in [5.74, 6) is -0.557. The van der Waals surface area contributed by atoms with Crippen molar-refractivity contribution in [1.29, 1.82) is 0 Å². The number of hydrogen-bond acceptors (Lipinski definition) is 2. The van der Waals surface area contributed by atoms with Crippen LogP contribution in [-0.4, -0.2) is 33.9 Å². The van der Waals surface area contributed by atoms with E-state index in [9.17, 15) is 9.90 Å². The first-order chi connectivity index (χ1) is 9.00. The second-order valence-electron chi connectivity index (χ2n) is 6.04. The van der Waals surface area contributed by atoms with Gasteiger partial charge in [0, 0.05) is 12.1 Å². The highest BCUT2D eigenvalue weighted by Crippen LogP contribution is 2.34. The molecule has 2 fully saturated rings. The molecule has 3 nitrogen and oxygen atoms in total. The summed E-state index contributed by atoms with van der Waals surface area (Å²) in [6, 6.07) is 0.0427. The quantitative estimate of drug-likeness (QED) is 0.787. The molecule has 0 bridgehead atoms. The van der Waals surface area contributed by atoms with Crippen LogP contribution in [0.15, 0.2) is 0 Å². The Hall–Kier alpha value is 0.01000. The van der Waals surface area contributed by atoms with E-state index in [1.54, 1.807) is 0 Å². The van der Waals surface area contributed by atoms with Gasteiger partial charge in [0.05, 0.1) is 16.7 Å². The van der Waals surface area contributed by atoms with Crippen molar-refractivity contribution in [1.82, 2.24) is 5.32 Å². The molecule has 0 radical (unpaired) electrons. The molecule has 2 aliphatic rings. The Bertz CT molecular complexity index is 327. The third-order valence-electron chi connectivity index (χ3n) is 4.66. The molecule has 0 saturated heterocycles. The average Bonchev–Trinajstić information content (AvgIpc) is 2.39. The minimum absolute atomic E-state index is 0.00683. The zero-order chi connectivity index (χ0) is 14.0. The van der Waals surface area contributed by atoms with Crippen molar-refractivity contribution in [3.8, 4) is 0 Å². The minimum atomic E-state index is -0.696. The van der Waals surface area contributed by atoms with Gasteiger partial charge in [0.15, 0.2) is 0 Å². The summed E-state index contributed by atoms with van der Waals surface area (Å²) in [4.78, 5) is 11.3. The number of carboxylic acid groups (broad SMARTS) is 1. The highest BCUT2D eigenvalue weighted by atomic mass is 35.5. The molecule has 2 saturated carbocycles. The zero-order valence-electron chi connectivity index (χ0n) is 11.3. The van der Waals surface area contributed by atoms with Crippen LogP contribution in [0.3, 0.4) is 0 Å². The van der Waals surface area contributed by atoms with Gasteiger partial charge in [-0.25, -0.2) is 0 Å². The molecule has 0 aromatic heterocycles. The van der Waals surface area contributed by atoms with Gasteiger partial charge in [0.1, 0.15) is 0 Å². The van der Waals surface area contributed by atoms with Crippen molar-refractivity contribution < 1.29 is 9.90 Å². The maximum Gasteiger partial charge on any atom is 0.308 e. The van der Waals surface area contributed by atoms with E-state index in [1.165, 1.54) is 0 Å². The zero-order valence-corrected chi connectivity index (χ0v) is 12.8. The van der Waals surface area contributed by atoms with Gasteiger partial charge in [-0.2, -0.15) is 0 Å². The molecule has 110 valence electrons. The number of halogens is 2. The third kappa shape index (κ3) is 3.56. The summed E-state index contributed by atoms with van der Waals surface area (Å²) >= 11 is 12.9. The molecule has 5 heteroatoms. The van der Waals surface area contributed by atoms with Crippen LogP contribution < -0.4 is 5.32 Å². The number of carboxylic acids is 1. The van der Waals surface area contributed by atoms with Gasteiger partial charge < -0.3 is 10.4 Å². The molecular weight excluding hydrogens is 285 g/mol. The predicted molar refractivity (Wildman–Crippen MR) is 78.0 cm³/mol. The molecule has 0 aliphatic heterocycles. The van der Waals surface area contributed by atoms with Crippen molar-refractivity contribution in [2.45, 2.75) is 68.3 Å². The highest BCUT2D eigenvalue weighted by molar-refractivity contribution is 6.25. The fourth-order valence-corrected chi connectivity index (χ4v) is 4.19. The number of hydrogen-bond donors (Lipinski definition) is 2. The minimum Gasteiger partial charge on any atom is -0.481 e. The Labute approximate surface area is 125 Å². The van der Waals surface area contributed by atoms with Crippen LogP contribution in [0.5, 0.6) is 0 Å². The lowest BCUT2D eigenvalue weighted by atomic mass is 9.81. The molecule has 2 rings (SSSR count). The Morgan fingerprint density at radius 3 is 2.53 bits per heavy atom. The van der Waals surface area contributed by atoms with E-state index in [0.717, 1.165) is 38.5 Å². The van der Waals surface area contributed by atoms with E-state index < -0.39 is 5.97 Å². The average molecular weight is 308 g/mol. The summed E-state index contributed by atoms with van der Waals surface area (Å²) in [7, 11) is 0. The van der Waals surface area contributed by atoms with Crippen LogP contribution >= 0.6 is 23.2 Å². The van der Waals surface area contributed by atoms with Gasteiger partial charge in [-0.15, -0.1) is 23.2 Å². The first-order valence-corrected chi connectivity index (χ1v) is 8.15. The van der Waals surface area contributed by atoms with E-state index in [0.29, 0.717) is 5.92 Å². The van der Waals surface area contributed by atoms with Gasteiger partial charge in [-0.3, -0.25) is 4.79 Å². The predicted octanol–water partition coefficient (Wildman–Crippen LogP) is 3.23. The van der Waals surface area contributed by atoms with Gasteiger partial charge in [0.25, 0.3) is 0 Å². The molecule has 0 aromatic carbocycles. The Morgan fingerprint density at radius 2 is 1.84 bits per heavy atom. The van der Waals surface area contributed by atoms with E-state index in [-0.39, 0.29) is 28.8 Å². The SMILES string of the molecule is CC1CCC(Cl)C(NC2CCCCC2C(=O)O)C1Cl. The Morgan fingerprint density at radius 1 is 1.16 bits per heavy atom. The highest BCUT2D eigenvalue weighted by Gasteiger charge is 2.39. The Kier molecular flexibility index (Phi) is 5.38. The van der Waals surface area contributed by atoms with Crippen LogP contribution in [0, 0.1) is 11.8 Å². The molecule has 6 unspecified atom stereocenters. The molecule has 2 N–H and O–H groups in total. The molecule has 6 atom stereocenters. The lowest BCUT2D eigenvalue weighted by molar-refractivity contribution is -0.143. The number of nitrogens with one attached hydrogen (secondary N) is 1. The number of aliphatic carboxylic acids is 1. The number of alkyl halides is 2. The molecule has 0 amide bonds. The molecule has 19 heavy (non-hydrogen) atoms. The van der Waals surface area contributed by atoms with Crippen molar-refractivity contribution in [2.75, 3.05) is 0 Å². The number of carbonyl (C=O) groups is 1. The van der Waals surface area contributed by atoms with Gasteiger partial charge in [0.2, 0.25) is 0 Å². The van der Waals surface area contributed by atoms with Crippen LogP contribution in [0.2, 0.25) is 0 Å². The molecule has 2 aliphatic carbocycles. The maximum absolute atomic E-state index is 11.3. The lowest BCUT2D eigenvalue weighted by Gasteiger charge is -2.41. The fourth-order valence-electron chi connectivity index (χ4n) is 3.38. The topological polar surface area (TPSA) is 49.3 Å². The largest absolute Gasteiger partial charge is 0.481 e. The molecule has 0 spiro atoms. The van der Waals surface area contributed by atoms with Crippen LogP contribution in [0.25, 0.3) is 0 Å². The lowest BCUT2D eigenvalue weighted by Crippen LogP contribution is -2.56. The summed E-state index contributed by atoms with van der Waals surface area (Å²) < 4.78 is 0. The Balaban J connectivity index is 2.02. The van der Waals surface area contributed by atoms with Crippen molar-refractivity contribution in [2.24, 2.45) is 11.8 Å². The van der Waals surface area contributed by atoms with E-state index in [4.69, 9.17) is 23.2 Å². The van der Waals surface area contributed by atoms with Gasteiger partial charge >= 0.3 is 5.97 Å². The standard InChI is InChI=1S/C14H23Cl2NO2/c1-8-6-7-10(15)13(12(8)16)17-11-5-3-2-4-9(11)14(18)19/h8-13,17H,2-7H2,1H3,(H,18,19). The summed E-state index contributed by atoms with van der Waals surface area (Å²) in [5.41, 5.74) is 0. The summed E-state index contributed by atoms with van der Waals surface area (Å²) in [6.07, 6.45) is 5.76. The first-order valence-electron chi connectivity index (χ1n) is 7.27. The van der Waals surface area contributed by atoms with Gasteiger partial charge in [-0.1, -0.05) is 19.8 Å². The fraction of sp³-hybridized carbons (Fsp3) is 0.929.